The standard InChI is InChI=1S/C29H31N5OS/c1-18(2)15-30-27-28-31-16-26(20-3-5-21(6-4-20)29(35)32-22-9-10-22)34(28)17-25(33-27)19-7-11-23(12-8-19)36-24-13-14-24/h3-8,11-12,16-18,22,24H,9-10,13-15H2,1-2H3,(H,30,33)(H,32,35). The van der Waals surface area contributed by atoms with Crippen LogP contribution >= 0.6 is 11.8 Å². The molecular formula is C29H31N5OS. The lowest BCUT2D eigenvalue weighted by molar-refractivity contribution is 0.0951. The van der Waals surface area contributed by atoms with Gasteiger partial charge in [-0.15, -0.1) is 11.8 Å². The van der Waals surface area contributed by atoms with Crippen LogP contribution in [0.2, 0.25) is 0 Å². The van der Waals surface area contributed by atoms with E-state index in [9.17, 15) is 4.79 Å². The first kappa shape index (κ1) is 23.1. The Hall–Kier alpha value is -3.32. The summed E-state index contributed by atoms with van der Waals surface area (Å²) in [7, 11) is 0. The number of carbonyl (C=O) groups is 1. The van der Waals surface area contributed by atoms with E-state index in [0.29, 0.717) is 17.5 Å². The Kier molecular flexibility index (Phi) is 6.17. The summed E-state index contributed by atoms with van der Waals surface area (Å²) in [6.45, 7) is 5.18. The molecule has 0 radical (unpaired) electrons. The molecule has 36 heavy (non-hydrogen) atoms. The molecule has 184 valence electrons. The fraction of sp³-hybridized carbons (Fsp3) is 0.345. The number of aromatic nitrogens is 3. The van der Waals surface area contributed by atoms with Gasteiger partial charge >= 0.3 is 0 Å². The van der Waals surface area contributed by atoms with Gasteiger partial charge in [-0.05, 0) is 55.9 Å². The summed E-state index contributed by atoms with van der Waals surface area (Å²) < 4.78 is 2.11. The van der Waals surface area contributed by atoms with Gasteiger partial charge in [-0.1, -0.05) is 38.1 Å². The van der Waals surface area contributed by atoms with Gasteiger partial charge in [0.2, 0.25) is 0 Å². The minimum atomic E-state index is -0.00264. The zero-order chi connectivity index (χ0) is 24.6. The second-order valence-corrected chi connectivity index (χ2v) is 11.6. The van der Waals surface area contributed by atoms with Crippen LogP contribution in [-0.4, -0.2) is 38.1 Å². The highest BCUT2D eigenvalue weighted by atomic mass is 32.2. The van der Waals surface area contributed by atoms with Crippen molar-refractivity contribution in [1.82, 2.24) is 19.7 Å². The molecule has 2 fully saturated rings. The smallest absolute Gasteiger partial charge is 0.251 e. The fourth-order valence-electron chi connectivity index (χ4n) is 4.13. The van der Waals surface area contributed by atoms with Gasteiger partial charge in [0, 0.05) is 45.6 Å². The summed E-state index contributed by atoms with van der Waals surface area (Å²) in [5.41, 5.74) is 5.44. The van der Waals surface area contributed by atoms with Crippen molar-refractivity contribution in [2.75, 3.05) is 11.9 Å². The van der Waals surface area contributed by atoms with E-state index in [2.05, 4.69) is 59.3 Å². The van der Waals surface area contributed by atoms with Crippen LogP contribution in [-0.2, 0) is 0 Å². The summed E-state index contributed by atoms with van der Waals surface area (Å²) in [5, 5.41) is 7.35. The van der Waals surface area contributed by atoms with Crippen molar-refractivity contribution in [2.24, 2.45) is 5.92 Å². The molecule has 2 saturated carbocycles. The first-order valence-corrected chi connectivity index (χ1v) is 13.7. The molecule has 4 aromatic rings. The topological polar surface area (TPSA) is 71.3 Å². The van der Waals surface area contributed by atoms with Crippen LogP contribution in [0.15, 0.2) is 65.8 Å². The highest BCUT2D eigenvalue weighted by molar-refractivity contribution is 8.00. The molecule has 7 heteroatoms. The number of nitrogens with one attached hydrogen (secondary N) is 2. The van der Waals surface area contributed by atoms with Crippen LogP contribution in [0.25, 0.3) is 28.2 Å². The van der Waals surface area contributed by atoms with Gasteiger partial charge in [0.15, 0.2) is 11.5 Å². The minimum Gasteiger partial charge on any atom is -0.367 e. The van der Waals surface area contributed by atoms with Gasteiger partial charge in [-0.3, -0.25) is 9.20 Å². The number of thioether (sulfide) groups is 1. The van der Waals surface area contributed by atoms with E-state index in [-0.39, 0.29) is 5.91 Å². The van der Waals surface area contributed by atoms with E-state index < -0.39 is 0 Å². The van der Waals surface area contributed by atoms with E-state index in [1.807, 2.05) is 42.2 Å². The number of fused-ring (bicyclic) bond motifs is 1. The van der Waals surface area contributed by atoms with Gasteiger partial charge in [0.1, 0.15) is 0 Å². The largest absolute Gasteiger partial charge is 0.367 e. The Morgan fingerprint density at radius 2 is 1.75 bits per heavy atom. The number of anilines is 1. The van der Waals surface area contributed by atoms with Crippen molar-refractivity contribution in [3.8, 4) is 22.5 Å². The van der Waals surface area contributed by atoms with Gasteiger partial charge in [-0.25, -0.2) is 9.97 Å². The van der Waals surface area contributed by atoms with Gasteiger partial charge in [0.05, 0.1) is 17.6 Å². The van der Waals surface area contributed by atoms with Gasteiger partial charge in [-0.2, -0.15) is 0 Å². The number of rotatable bonds is 9. The van der Waals surface area contributed by atoms with Crippen molar-refractivity contribution in [1.29, 1.82) is 0 Å². The van der Waals surface area contributed by atoms with Crippen LogP contribution in [0.4, 0.5) is 5.82 Å². The molecule has 2 aromatic heterocycles. The average Bonchev–Trinajstić information content (AvgIpc) is 3.82. The van der Waals surface area contributed by atoms with Crippen molar-refractivity contribution < 1.29 is 4.79 Å². The number of nitrogens with zero attached hydrogens (tertiary/aromatic N) is 3. The second-order valence-electron chi connectivity index (χ2n) is 10.3. The molecule has 1 amide bonds. The number of amides is 1. The highest BCUT2D eigenvalue weighted by Crippen LogP contribution is 2.39. The van der Waals surface area contributed by atoms with E-state index in [4.69, 9.17) is 9.97 Å². The van der Waals surface area contributed by atoms with Crippen LogP contribution in [0.3, 0.4) is 0 Å². The normalized spacial score (nSPS) is 15.4. The van der Waals surface area contributed by atoms with E-state index in [0.717, 1.165) is 58.6 Å². The lowest BCUT2D eigenvalue weighted by Crippen LogP contribution is -2.25. The molecule has 0 aliphatic heterocycles. The third-order valence-corrected chi connectivity index (χ3v) is 7.85. The SMILES string of the molecule is CC(C)CNc1nc(-c2ccc(SC3CC3)cc2)cn2c(-c3ccc(C(=O)NC4CC4)cc3)cnc12. The summed E-state index contributed by atoms with van der Waals surface area (Å²) in [5.74, 6) is 1.26. The van der Waals surface area contributed by atoms with Crippen LogP contribution < -0.4 is 10.6 Å². The average molecular weight is 498 g/mol. The van der Waals surface area contributed by atoms with Crippen LogP contribution in [0.5, 0.6) is 0 Å². The molecular weight excluding hydrogens is 466 g/mol. The monoisotopic (exact) mass is 497 g/mol. The molecule has 6 rings (SSSR count). The third kappa shape index (κ3) is 5.12. The molecule has 2 aliphatic carbocycles. The quantitative estimate of drug-likeness (QED) is 0.285. The van der Waals surface area contributed by atoms with Crippen molar-refractivity contribution in [3.05, 3.63) is 66.5 Å². The molecule has 2 heterocycles. The van der Waals surface area contributed by atoms with Crippen LogP contribution in [0.1, 0.15) is 49.9 Å². The van der Waals surface area contributed by atoms with E-state index in [1.165, 1.54) is 17.7 Å². The Balaban J connectivity index is 1.35. The molecule has 6 nitrogen and oxygen atoms in total. The number of hydrogen-bond donors (Lipinski definition) is 2. The number of imidazole rings is 1. The van der Waals surface area contributed by atoms with Gasteiger partial charge in [0.25, 0.3) is 5.91 Å². The molecule has 2 aliphatic rings. The van der Waals surface area contributed by atoms with Gasteiger partial charge < -0.3 is 10.6 Å². The molecule has 0 spiro atoms. The van der Waals surface area contributed by atoms with E-state index >= 15 is 0 Å². The summed E-state index contributed by atoms with van der Waals surface area (Å²) >= 11 is 1.96. The maximum atomic E-state index is 12.4. The first-order valence-electron chi connectivity index (χ1n) is 12.8. The summed E-state index contributed by atoms with van der Waals surface area (Å²) in [4.78, 5) is 23.4. The van der Waals surface area contributed by atoms with Crippen molar-refractivity contribution in [2.45, 2.75) is 55.7 Å². The van der Waals surface area contributed by atoms with Crippen LogP contribution in [0, 0.1) is 5.92 Å². The fourth-order valence-corrected chi connectivity index (χ4v) is 5.18. The molecule has 0 bridgehead atoms. The molecule has 0 unspecified atom stereocenters. The summed E-state index contributed by atoms with van der Waals surface area (Å²) in [6.07, 6.45) is 8.76. The Morgan fingerprint density at radius 3 is 2.42 bits per heavy atom. The van der Waals surface area contributed by atoms with Crippen molar-refractivity contribution >= 4 is 29.1 Å². The molecule has 2 aromatic carbocycles. The Bertz CT molecular complexity index is 1390. The Labute approximate surface area is 215 Å². The molecule has 2 N–H and O–H groups in total. The maximum absolute atomic E-state index is 12.4. The number of carbonyl (C=O) groups excluding carboxylic acids is 1. The highest BCUT2D eigenvalue weighted by Gasteiger charge is 2.24. The predicted octanol–water partition coefficient (Wildman–Crippen LogP) is 6.28. The third-order valence-electron chi connectivity index (χ3n) is 6.50. The van der Waals surface area contributed by atoms with Crippen molar-refractivity contribution in [3.63, 3.8) is 0 Å². The molecule has 0 atom stereocenters. The first-order chi connectivity index (χ1) is 17.5. The predicted molar refractivity (Wildman–Crippen MR) is 147 cm³/mol. The lowest BCUT2D eigenvalue weighted by atomic mass is 10.1. The minimum absolute atomic E-state index is 0.00264. The lowest BCUT2D eigenvalue weighted by Gasteiger charge is -2.13. The molecule has 0 saturated heterocycles. The number of benzene rings is 2. The zero-order valence-corrected chi connectivity index (χ0v) is 21.5. The van der Waals surface area contributed by atoms with E-state index in [1.54, 1.807) is 0 Å². The zero-order valence-electron chi connectivity index (χ0n) is 20.7. The Morgan fingerprint density at radius 1 is 1.03 bits per heavy atom. The second kappa shape index (κ2) is 9.62. The summed E-state index contributed by atoms with van der Waals surface area (Å²) in [6, 6.07) is 16.8. The maximum Gasteiger partial charge on any atom is 0.251 e. The number of hydrogen-bond acceptors (Lipinski definition) is 5.